The topological polar surface area (TPSA) is 107 Å². The highest BCUT2D eigenvalue weighted by Gasteiger charge is 2.25. The van der Waals surface area contributed by atoms with Crippen molar-refractivity contribution in [2.45, 2.75) is 40.9 Å². The van der Waals surface area contributed by atoms with Crippen molar-refractivity contribution in [3.63, 3.8) is 0 Å². The molecule has 158 valence electrons. The molecule has 30 heavy (non-hydrogen) atoms. The lowest BCUT2D eigenvalue weighted by Gasteiger charge is -2.14. The number of sulfone groups is 1. The molecule has 0 saturated carbocycles. The van der Waals surface area contributed by atoms with Gasteiger partial charge in [-0.05, 0) is 18.6 Å². The number of benzene rings is 1. The molecule has 0 aliphatic carbocycles. The number of amides is 1. The molecule has 2 heterocycles. The summed E-state index contributed by atoms with van der Waals surface area (Å²) in [5.74, 6) is -0.180. The van der Waals surface area contributed by atoms with Crippen molar-refractivity contribution in [1.82, 2.24) is 19.7 Å². The predicted octanol–water partition coefficient (Wildman–Crippen LogP) is 3.40. The van der Waals surface area contributed by atoms with Crippen LogP contribution in [0.1, 0.15) is 19.2 Å². The molecule has 1 atom stereocenters. The van der Waals surface area contributed by atoms with Crippen LogP contribution in [0.3, 0.4) is 0 Å². The number of aromatic nitrogens is 4. The first-order chi connectivity index (χ1) is 14.4. The van der Waals surface area contributed by atoms with Crippen LogP contribution in [0.2, 0.25) is 0 Å². The van der Waals surface area contributed by atoms with Crippen LogP contribution in [0.15, 0.2) is 64.6 Å². The first kappa shape index (κ1) is 22.2. The molecule has 3 rings (SSSR count). The Labute approximate surface area is 183 Å². The number of carbonyl (C=O) groups excluding carboxylic acids is 1. The third kappa shape index (κ3) is 5.35. The maximum Gasteiger partial charge on any atom is 0.239 e. The number of hydrogen-bond donors (Lipinski definition) is 1. The number of hydrogen-bond acceptors (Lipinski definition) is 8. The Morgan fingerprint density at radius 3 is 2.73 bits per heavy atom. The van der Waals surface area contributed by atoms with Crippen LogP contribution in [0.4, 0.5) is 5.13 Å². The molecule has 0 bridgehead atoms. The molecule has 0 aliphatic heterocycles. The summed E-state index contributed by atoms with van der Waals surface area (Å²) in [6.07, 6.45) is 3.82. The number of carbonyl (C=O) groups is 1. The summed E-state index contributed by atoms with van der Waals surface area (Å²) in [7, 11) is -3.58. The number of rotatable bonds is 10. The summed E-state index contributed by atoms with van der Waals surface area (Å²) in [6, 6.07) is 8.21. The zero-order chi connectivity index (χ0) is 21.6. The Balaban J connectivity index is 1.81. The monoisotopic (exact) mass is 463 g/mol. The summed E-state index contributed by atoms with van der Waals surface area (Å²) < 4.78 is 27.2. The van der Waals surface area contributed by atoms with Gasteiger partial charge in [0.25, 0.3) is 0 Å². The fourth-order valence-corrected chi connectivity index (χ4v) is 5.43. The van der Waals surface area contributed by atoms with Crippen molar-refractivity contribution in [2.24, 2.45) is 0 Å². The van der Waals surface area contributed by atoms with Crippen LogP contribution in [0.5, 0.6) is 0 Å². The standard InChI is InChI=1S/C19H21N5O3S3/c1-3-11-24-16(13-30(26,27)14-8-6-5-7-9-14)22-23-19(24)29-15(4-2)17(25)21-18-20-10-12-28-18/h3,5-10,12,15H,1,4,11,13H2,2H3,(H,20,21,25). The second-order valence-corrected chi connectivity index (χ2v) is 10.3. The molecule has 1 aromatic carbocycles. The quantitative estimate of drug-likeness (QED) is 0.363. The summed E-state index contributed by atoms with van der Waals surface area (Å²) in [6.45, 7) is 5.97. The van der Waals surface area contributed by atoms with Gasteiger partial charge in [-0.15, -0.1) is 28.1 Å². The van der Waals surface area contributed by atoms with Gasteiger partial charge < -0.3 is 9.88 Å². The second kappa shape index (κ2) is 10.0. The van der Waals surface area contributed by atoms with Gasteiger partial charge >= 0.3 is 0 Å². The predicted molar refractivity (Wildman–Crippen MR) is 118 cm³/mol. The maximum absolute atomic E-state index is 12.7. The molecule has 0 saturated heterocycles. The van der Waals surface area contributed by atoms with Crippen molar-refractivity contribution in [3.05, 3.63) is 60.4 Å². The number of thiazole rings is 1. The Morgan fingerprint density at radius 1 is 1.33 bits per heavy atom. The minimum absolute atomic E-state index is 0.191. The van der Waals surface area contributed by atoms with E-state index >= 15 is 0 Å². The third-order valence-corrected chi connectivity index (χ3v) is 7.76. The number of nitrogens with one attached hydrogen (secondary N) is 1. The van der Waals surface area contributed by atoms with E-state index in [-0.39, 0.29) is 16.6 Å². The number of thioether (sulfide) groups is 1. The van der Waals surface area contributed by atoms with Gasteiger partial charge in [0.05, 0.1) is 10.1 Å². The molecule has 0 aliphatic rings. The first-order valence-electron chi connectivity index (χ1n) is 9.12. The van der Waals surface area contributed by atoms with Gasteiger partial charge in [-0.3, -0.25) is 4.79 Å². The molecule has 3 aromatic rings. The fraction of sp³-hybridized carbons (Fsp3) is 0.263. The molecule has 11 heteroatoms. The lowest BCUT2D eigenvalue weighted by molar-refractivity contribution is -0.115. The van der Waals surface area contributed by atoms with E-state index < -0.39 is 15.1 Å². The van der Waals surface area contributed by atoms with Gasteiger partial charge in [-0.1, -0.05) is 43.0 Å². The zero-order valence-electron chi connectivity index (χ0n) is 16.3. The number of anilines is 1. The van der Waals surface area contributed by atoms with Gasteiger partial charge in [-0.25, -0.2) is 13.4 Å². The van der Waals surface area contributed by atoms with Gasteiger partial charge in [0, 0.05) is 18.1 Å². The smallest absolute Gasteiger partial charge is 0.239 e. The Hall–Kier alpha value is -2.50. The average molecular weight is 464 g/mol. The molecule has 1 N–H and O–H groups in total. The van der Waals surface area contributed by atoms with Gasteiger partial charge in [-0.2, -0.15) is 0 Å². The summed E-state index contributed by atoms with van der Waals surface area (Å²) in [4.78, 5) is 16.9. The highest BCUT2D eigenvalue weighted by molar-refractivity contribution is 8.00. The Bertz CT molecular complexity index is 1100. The summed E-state index contributed by atoms with van der Waals surface area (Å²) in [5, 5.41) is 13.4. The lowest BCUT2D eigenvalue weighted by Crippen LogP contribution is -2.25. The molecule has 2 aromatic heterocycles. The molecule has 1 unspecified atom stereocenters. The lowest BCUT2D eigenvalue weighted by atomic mass is 10.3. The molecular formula is C19H21N5O3S3. The average Bonchev–Trinajstić information content (AvgIpc) is 3.37. The van der Waals surface area contributed by atoms with E-state index in [0.717, 1.165) is 0 Å². The molecular weight excluding hydrogens is 442 g/mol. The molecule has 1 amide bonds. The van der Waals surface area contributed by atoms with Crippen LogP contribution in [0.25, 0.3) is 0 Å². The normalized spacial score (nSPS) is 12.4. The van der Waals surface area contributed by atoms with E-state index in [1.54, 1.807) is 52.6 Å². The van der Waals surface area contributed by atoms with Crippen LogP contribution in [-0.2, 0) is 26.9 Å². The number of nitrogens with zero attached hydrogens (tertiary/aromatic N) is 4. The fourth-order valence-electron chi connectivity index (χ4n) is 2.63. The van der Waals surface area contributed by atoms with Gasteiger partial charge in [0.1, 0.15) is 11.6 Å². The van der Waals surface area contributed by atoms with Gasteiger partial charge in [0.15, 0.2) is 20.1 Å². The van der Waals surface area contributed by atoms with E-state index in [1.165, 1.54) is 23.1 Å². The van der Waals surface area contributed by atoms with E-state index in [9.17, 15) is 13.2 Å². The number of allylic oxidation sites excluding steroid dienone is 1. The largest absolute Gasteiger partial charge is 0.301 e. The first-order valence-corrected chi connectivity index (χ1v) is 12.5. The second-order valence-electron chi connectivity index (χ2n) is 6.21. The molecule has 0 fully saturated rings. The maximum atomic E-state index is 12.7. The van der Waals surface area contributed by atoms with Crippen molar-refractivity contribution in [2.75, 3.05) is 5.32 Å². The van der Waals surface area contributed by atoms with E-state index in [4.69, 9.17) is 0 Å². The highest BCUT2D eigenvalue weighted by atomic mass is 32.2. The highest BCUT2D eigenvalue weighted by Crippen LogP contribution is 2.27. The van der Waals surface area contributed by atoms with Gasteiger partial charge in [0.2, 0.25) is 5.91 Å². The minimum atomic E-state index is -3.58. The third-order valence-electron chi connectivity index (χ3n) is 4.10. The summed E-state index contributed by atoms with van der Waals surface area (Å²) >= 11 is 2.58. The molecule has 0 spiro atoms. The van der Waals surface area contributed by atoms with E-state index in [1.807, 2.05) is 6.92 Å². The minimum Gasteiger partial charge on any atom is -0.301 e. The SMILES string of the molecule is C=CCn1c(CS(=O)(=O)c2ccccc2)nnc1SC(CC)C(=O)Nc1nccs1. The van der Waals surface area contributed by atoms with Crippen molar-refractivity contribution in [1.29, 1.82) is 0 Å². The van der Waals surface area contributed by atoms with E-state index in [2.05, 4.69) is 27.1 Å². The van der Waals surface area contributed by atoms with Crippen molar-refractivity contribution < 1.29 is 13.2 Å². The van der Waals surface area contributed by atoms with Crippen molar-refractivity contribution in [3.8, 4) is 0 Å². The zero-order valence-corrected chi connectivity index (χ0v) is 18.7. The van der Waals surface area contributed by atoms with Crippen LogP contribution in [0, 0.1) is 0 Å². The molecule has 0 radical (unpaired) electrons. The van der Waals surface area contributed by atoms with Crippen molar-refractivity contribution >= 4 is 44.0 Å². The van der Waals surface area contributed by atoms with Crippen LogP contribution in [-0.4, -0.2) is 39.3 Å². The van der Waals surface area contributed by atoms with E-state index in [0.29, 0.717) is 29.1 Å². The molecule has 8 nitrogen and oxygen atoms in total. The Kier molecular flexibility index (Phi) is 7.40. The van der Waals surface area contributed by atoms with Crippen LogP contribution >= 0.6 is 23.1 Å². The summed E-state index contributed by atoms with van der Waals surface area (Å²) in [5.41, 5.74) is 0. The Morgan fingerprint density at radius 2 is 2.10 bits per heavy atom. The van der Waals surface area contributed by atoms with Crippen LogP contribution < -0.4 is 5.32 Å².